The number of benzene rings is 2. The summed E-state index contributed by atoms with van der Waals surface area (Å²) in [5.41, 5.74) is 7.20. The van der Waals surface area contributed by atoms with Gasteiger partial charge in [0.25, 0.3) is 0 Å². The molecule has 0 unspecified atom stereocenters. The van der Waals surface area contributed by atoms with E-state index in [2.05, 4.69) is 102 Å². The summed E-state index contributed by atoms with van der Waals surface area (Å²) < 4.78 is 1.47. The fraction of sp³-hybridized carbons (Fsp3) is 0.238. The van der Waals surface area contributed by atoms with Gasteiger partial charge in [-0.1, -0.05) is 0 Å². The van der Waals surface area contributed by atoms with Crippen molar-refractivity contribution in [1.29, 1.82) is 0 Å². The summed E-state index contributed by atoms with van der Waals surface area (Å²) in [5, 5.41) is 0. The first-order valence-electron chi connectivity index (χ1n) is 7.78. The second-order valence-electron chi connectivity index (χ2n) is 6.29. The van der Waals surface area contributed by atoms with Crippen molar-refractivity contribution in [3.05, 3.63) is 92.4 Å². The second-order valence-corrected chi connectivity index (χ2v) is 7.07. The Morgan fingerprint density at radius 3 is 1.48 bits per heavy atom. The van der Waals surface area contributed by atoms with Crippen molar-refractivity contribution < 1.29 is 57.7 Å². The van der Waals surface area contributed by atoms with Gasteiger partial charge in [-0.25, -0.2) is 0 Å². The predicted molar refractivity (Wildman–Crippen MR) is 89.4 cm³/mol. The summed E-state index contributed by atoms with van der Waals surface area (Å²) in [6, 6.07) is 21.8. The zero-order valence-electron chi connectivity index (χ0n) is 14.6. The van der Waals surface area contributed by atoms with Gasteiger partial charge in [0.05, 0.1) is 0 Å². The van der Waals surface area contributed by atoms with E-state index >= 15 is 0 Å². The van der Waals surface area contributed by atoms with Crippen molar-refractivity contribution in [2.75, 3.05) is 0 Å². The van der Waals surface area contributed by atoms with Crippen molar-refractivity contribution in [1.82, 2.24) is 0 Å². The normalized spacial score (nSPS) is 13.8. The Balaban J connectivity index is 0.00000192. The van der Waals surface area contributed by atoms with Gasteiger partial charge in [0, 0.05) is 0 Å². The van der Waals surface area contributed by atoms with Crippen LogP contribution >= 0.6 is 0 Å². The van der Waals surface area contributed by atoms with Crippen LogP contribution in [0.5, 0.6) is 0 Å². The molecule has 0 nitrogen and oxygen atoms in total. The average Bonchev–Trinajstić information content (AvgIpc) is 2.83. The smallest absolute Gasteiger partial charge is 1.00 e. The van der Waals surface area contributed by atoms with Gasteiger partial charge < -0.3 is 37.2 Å². The molecule has 0 radical (unpaired) electrons. The Bertz CT molecular complexity index is 710. The third kappa shape index (κ3) is 4.44. The van der Waals surface area contributed by atoms with E-state index in [4.69, 9.17) is 0 Å². The summed E-state index contributed by atoms with van der Waals surface area (Å²) in [4.78, 5) is 0. The molecule has 0 bridgehead atoms. The Labute approximate surface area is 181 Å². The molecule has 0 aromatic heterocycles. The van der Waals surface area contributed by atoms with Crippen molar-refractivity contribution in [3.63, 3.8) is 0 Å². The topological polar surface area (TPSA) is 0 Å². The van der Waals surface area contributed by atoms with Crippen LogP contribution in [-0.4, -0.2) is 0 Å². The number of halogens is 3. The largest absolute Gasteiger partial charge is 1.00 e. The molecule has 0 saturated carbocycles. The standard InChI is InChI=1S/C21H21.3ClH.Ti/c1-16-14-20(15-17(16)2)21(3,18-10-6-4-7-11-18)19-12-8-5-9-13-19;;;;/h4-13H,14H2,1-3H3;3*1H;/q;;;;+3/p-3. The van der Waals surface area contributed by atoms with Gasteiger partial charge in [0.2, 0.25) is 0 Å². The molecule has 0 atom stereocenters. The first kappa shape index (κ1) is 24.5. The van der Waals surface area contributed by atoms with Gasteiger partial charge in [0.1, 0.15) is 0 Å². The van der Waals surface area contributed by atoms with Crippen molar-refractivity contribution in [3.8, 4) is 0 Å². The van der Waals surface area contributed by atoms with Crippen LogP contribution in [0.3, 0.4) is 0 Å². The SMILES string of the molecule is CC1=C(C)[C]([Ti+3])=C(C(C)(c2ccccc2)c2ccccc2)C1.[Cl-].[Cl-].[Cl-]. The molecule has 2 aromatic rings. The van der Waals surface area contributed by atoms with Crippen LogP contribution < -0.4 is 37.2 Å². The zero-order valence-corrected chi connectivity index (χ0v) is 18.4. The first-order chi connectivity index (χ1) is 10.5. The van der Waals surface area contributed by atoms with Gasteiger partial charge in [-0.15, -0.1) is 0 Å². The van der Waals surface area contributed by atoms with E-state index in [0.717, 1.165) is 6.42 Å². The van der Waals surface area contributed by atoms with Gasteiger partial charge in [-0.3, -0.25) is 0 Å². The molecular formula is C21H21Cl3Ti. The third-order valence-corrected chi connectivity index (χ3v) is 6.12. The van der Waals surface area contributed by atoms with E-state index in [1.165, 1.54) is 26.2 Å². The van der Waals surface area contributed by atoms with Crippen LogP contribution in [0.15, 0.2) is 81.3 Å². The minimum absolute atomic E-state index is 0. The molecule has 1 aliphatic carbocycles. The van der Waals surface area contributed by atoms with Gasteiger partial charge in [0.15, 0.2) is 0 Å². The zero-order chi connectivity index (χ0) is 15.7. The minimum Gasteiger partial charge on any atom is -1.00 e. The first-order valence-corrected chi connectivity index (χ1v) is 8.56. The maximum atomic E-state index is 2.38. The van der Waals surface area contributed by atoms with Crippen LogP contribution in [0.4, 0.5) is 0 Å². The molecular weight excluding hydrogens is 406 g/mol. The second kappa shape index (κ2) is 10.00. The molecule has 0 amide bonds. The van der Waals surface area contributed by atoms with Gasteiger partial charge in [-0.05, 0) is 0 Å². The number of rotatable bonds is 3. The summed E-state index contributed by atoms with van der Waals surface area (Å²) in [5.74, 6) is 0. The molecule has 3 rings (SSSR count). The number of hydrogen-bond acceptors (Lipinski definition) is 0. The molecule has 0 spiro atoms. The summed E-state index contributed by atoms with van der Waals surface area (Å²) >= 11 is 2.28. The fourth-order valence-electron chi connectivity index (χ4n) is 3.41. The molecule has 0 fully saturated rings. The van der Waals surface area contributed by atoms with Crippen LogP contribution in [-0.2, 0) is 25.9 Å². The Morgan fingerprint density at radius 2 is 1.16 bits per heavy atom. The van der Waals surface area contributed by atoms with E-state index in [1.54, 1.807) is 5.57 Å². The van der Waals surface area contributed by atoms with Crippen molar-refractivity contribution in [2.24, 2.45) is 0 Å². The van der Waals surface area contributed by atoms with Crippen LogP contribution in [0.1, 0.15) is 38.3 Å². The van der Waals surface area contributed by atoms with Gasteiger partial charge >= 0.3 is 145 Å². The summed E-state index contributed by atoms with van der Waals surface area (Å²) in [6.45, 7) is 6.90. The molecule has 130 valence electrons. The molecule has 1 aliphatic rings. The van der Waals surface area contributed by atoms with Crippen molar-refractivity contribution >= 4 is 0 Å². The number of hydrogen-bond donors (Lipinski definition) is 0. The number of allylic oxidation sites excluding steroid dienone is 4. The van der Waals surface area contributed by atoms with E-state index in [0.29, 0.717) is 0 Å². The van der Waals surface area contributed by atoms with Crippen LogP contribution in [0.25, 0.3) is 0 Å². The molecule has 2 aromatic carbocycles. The summed E-state index contributed by atoms with van der Waals surface area (Å²) in [7, 11) is 0. The van der Waals surface area contributed by atoms with E-state index in [1.807, 2.05) is 0 Å². The molecule has 0 N–H and O–H groups in total. The maximum Gasteiger partial charge on any atom is -1.00 e. The monoisotopic (exact) mass is 426 g/mol. The predicted octanol–water partition coefficient (Wildman–Crippen LogP) is -3.45. The van der Waals surface area contributed by atoms with Crippen molar-refractivity contribution in [2.45, 2.75) is 32.6 Å². The fourth-order valence-corrected chi connectivity index (χ4v) is 4.27. The average molecular weight is 428 g/mol. The van der Waals surface area contributed by atoms with Crippen LogP contribution in [0.2, 0.25) is 0 Å². The van der Waals surface area contributed by atoms with E-state index < -0.39 is 0 Å². The van der Waals surface area contributed by atoms with E-state index in [9.17, 15) is 0 Å². The summed E-state index contributed by atoms with van der Waals surface area (Å²) in [6.07, 6.45) is 1.08. The molecule has 0 heterocycles. The van der Waals surface area contributed by atoms with Crippen LogP contribution in [0, 0.1) is 0 Å². The minimum atomic E-state index is -0.0639. The van der Waals surface area contributed by atoms with Gasteiger partial charge in [-0.2, -0.15) is 0 Å². The Kier molecular flexibility index (Phi) is 9.80. The maximum absolute atomic E-state index is 2.38. The third-order valence-electron chi connectivity index (χ3n) is 5.06. The van der Waals surface area contributed by atoms with E-state index in [-0.39, 0.29) is 42.6 Å². The molecule has 0 aliphatic heterocycles. The Hall–Kier alpha value is -0.496. The quantitative estimate of drug-likeness (QED) is 0.447. The molecule has 25 heavy (non-hydrogen) atoms. The Morgan fingerprint density at radius 1 is 0.760 bits per heavy atom. The molecule has 0 saturated heterocycles. The molecule has 4 heteroatoms.